The molecule has 3 aromatic rings. The standard InChI is InChI=1S/C20H24N4O3/c1-27-16-9-7-15(8-10-16)19(25)13-22-20(26)21-11-4-12-24-14-23-17-5-2-3-6-18(17)24/h2-3,5-10,14,19,25H,4,11-13H2,1H3,(H2,21,22,26)/t19-/m0/s1. The number of carbonyl (C=O) groups is 1. The molecule has 0 saturated heterocycles. The van der Waals surface area contributed by atoms with Gasteiger partial charge in [0.05, 0.1) is 30.6 Å². The number of rotatable bonds is 8. The number of nitrogens with zero attached hydrogens (tertiary/aromatic N) is 2. The van der Waals surface area contributed by atoms with E-state index in [-0.39, 0.29) is 12.6 Å². The maximum Gasteiger partial charge on any atom is 0.314 e. The molecule has 1 aromatic heterocycles. The van der Waals surface area contributed by atoms with E-state index in [2.05, 4.69) is 20.2 Å². The Morgan fingerprint density at radius 2 is 1.96 bits per heavy atom. The Hall–Kier alpha value is -3.06. The van der Waals surface area contributed by atoms with Gasteiger partial charge in [-0.2, -0.15) is 0 Å². The van der Waals surface area contributed by atoms with Gasteiger partial charge in [0.2, 0.25) is 0 Å². The van der Waals surface area contributed by atoms with Gasteiger partial charge < -0.3 is 25.0 Å². The van der Waals surface area contributed by atoms with Gasteiger partial charge in [-0.3, -0.25) is 0 Å². The van der Waals surface area contributed by atoms with Crippen LogP contribution in [0.3, 0.4) is 0 Å². The molecule has 2 amide bonds. The summed E-state index contributed by atoms with van der Waals surface area (Å²) in [4.78, 5) is 16.2. The first kappa shape index (κ1) is 18.7. The lowest BCUT2D eigenvalue weighted by Crippen LogP contribution is -2.38. The number of urea groups is 1. The van der Waals surface area contributed by atoms with Crippen molar-refractivity contribution in [2.75, 3.05) is 20.2 Å². The highest BCUT2D eigenvalue weighted by atomic mass is 16.5. The smallest absolute Gasteiger partial charge is 0.314 e. The Morgan fingerprint density at radius 3 is 2.74 bits per heavy atom. The summed E-state index contributed by atoms with van der Waals surface area (Å²) in [6.07, 6.45) is 1.84. The number of aliphatic hydroxyl groups excluding tert-OH is 1. The first-order valence-electron chi connectivity index (χ1n) is 8.91. The van der Waals surface area contributed by atoms with Crippen LogP contribution in [0.4, 0.5) is 4.79 Å². The molecule has 0 fully saturated rings. The Bertz CT molecular complexity index is 876. The Morgan fingerprint density at radius 1 is 1.19 bits per heavy atom. The van der Waals surface area contributed by atoms with Crippen molar-refractivity contribution in [1.82, 2.24) is 20.2 Å². The summed E-state index contributed by atoms with van der Waals surface area (Å²) in [7, 11) is 1.59. The second-order valence-electron chi connectivity index (χ2n) is 6.21. The molecule has 3 rings (SSSR count). The van der Waals surface area contributed by atoms with Crippen LogP contribution in [-0.4, -0.2) is 40.9 Å². The molecule has 7 heteroatoms. The molecule has 0 spiro atoms. The lowest BCUT2D eigenvalue weighted by Gasteiger charge is -2.13. The molecule has 0 unspecified atom stereocenters. The maximum absolute atomic E-state index is 11.9. The summed E-state index contributed by atoms with van der Waals surface area (Å²) in [6, 6.07) is 14.8. The zero-order chi connectivity index (χ0) is 19.1. The molecule has 0 bridgehead atoms. The zero-order valence-corrected chi connectivity index (χ0v) is 15.3. The van der Waals surface area contributed by atoms with Gasteiger partial charge in [-0.25, -0.2) is 9.78 Å². The molecule has 2 aromatic carbocycles. The summed E-state index contributed by atoms with van der Waals surface area (Å²) < 4.78 is 7.16. The van der Waals surface area contributed by atoms with Gasteiger partial charge in [0, 0.05) is 19.6 Å². The van der Waals surface area contributed by atoms with E-state index < -0.39 is 6.10 Å². The van der Waals surface area contributed by atoms with E-state index in [1.807, 2.05) is 30.6 Å². The number of imidazole rings is 1. The van der Waals surface area contributed by atoms with Crippen LogP contribution < -0.4 is 15.4 Å². The third-order valence-corrected chi connectivity index (χ3v) is 4.35. The van der Waals surface area contributed by atoms with E-state index in [1.165, 1.54) is 0 Å². The van der Waals surface area contributed by atoms with Crippen LogP contribution in [0.15, 0.2) is 54.9 Å². The van der Waals surface area contributed by atoms with Crippen molar-refractivity contribution in [3.63, 3.8) is 0 Å². The number of aryl methyl sites for hydroxylation is 1. The number of aliphatic hydroxyl groups is 1. The highest BCUT2D eigenvalue weighted by molar-refractivity contribution is 5.75. The average molecular weight is 368 g/mol. The predicted molar refractivity (Wildman–Crippen MR) is 104 cm³/mol. The molecule has 0 saturated carbocycles. The maximum atomic E-state index is 11.9. The van der Waals surface area contributed by atoms with Crippen LogP contribution in [0.25, 0.3) is 11.0 Å². The van der Waals surface area contributed by atoms with E-state index in [9.17, 15) is 9.90 Å². The van der Waals surface area contributed by atoms with E-state index in [0.29, 0.717) is 6.54 Å². The number of methoxy groups -OCH3 is 1. The molecule has 0 aliphatic heterocycles. The normalized spacial score (nSPS) is 11.9. The minimum Gasteiger partial charge on any atom is -0.497 e. The molecule has 1 atom stereocenters. The fourth-order valence-corrected chi connectivity index (χ4v) is 2.84. The number of nitrogens with one attached hydrogen (secondary N) is 2. The van der Waals surface area contributed by atoms with Gasteiger partial charge in [0.1, 0.15) is 5.75 Å². The summed E-state index contributed by atoms with van der Waals surface area (Å²) >= 11 is 0. The number of aromatic nitrogens is 2. The lowest BCUT2D eigenvalue weighted by molar-refractivity contribution is 0.173. The minimum atomic E-state index is -0.765. The predicted octanol–water partition coefficient (Wildman–Crippen LogP) is 2.47. The lowest BCUT2D eigenvalue weighted by atomic mass is 10.1. The molecule has 3 N–H and O–H groups in total. The van der Waals surface area contributed by atoms with Crippen LogP contribution in [0, 0.1) is 0 Å². The number of hydrogen-bond donors (Lipinski definition) is 3. The van der Waals surface area contributed by atoms with Crippen molar-refractivity contribution in [2.24, 2.45) is 0 Å². The Labute approximate surface area is 158 Å². The zero-order valence-electron chi connectivity index (χ0n) is 15.3. The van der Waals surface area contributed by atoms with Crippen molar-refractivity contribution in [2.45, 2.75) is 19.1 Å². The molecule has 0 radical (unpaired) electrons. The second-order valence-corrected chi connectivity index (χ2v) is 6.21. The number of amides is 2. The molecule has 0 aliphatic carbocycles. The quantitative estimate of drug-likeness (QED) is 0.533. The Kier molecular flexibility index (Phi) is 6.27. The van der Waals surface area contributed by atoms with Gasteiger partial charge in [0.15, 0.2) is 0 Å². The molecule has 27 heavy (non-hydrogen) atoms. The number of benzene rings is 2. The molecular formula is C20H24N4O3. The monoisotopic (exact) mass is 368 g/mol. The van der Waals surface area contributed by atoms with Crippen molar-refractivity contribution in [1.29, 1.82) is 0 Å². The van der Waals surface area contributed by atoms with Crippen molar-refractivity contribution >= 4 is 17.1 Å². The number of fused-ring (bicyclic) bond motifs is 1. The fourth-order valence-electron chi connectivity index (χ4n) is 2.84. The Balaban J connectivity index is 1.37. The number of carbonyl (C=O) groups excluding carboxylic acids is 1. The number of hydrogen-bond acceptors (Lipinski definition) is 4. The van der Waals surface area contributed by atoms with Crippen LogP contribution >= 0.6 is 0 Å². The van der Waals surface area contributed by atoms with Crippen LogP contribution in [0.1, 0.15) is 18.1 Å². The van der Waals surface area contributed by atoms with Gasteiger partial charge in [0.25, 0.3) is 0 Å². The molecule has 1 heterocycles. The SMILES string of the molecule is COc1ccc([C@@H](O)CNC(=O)NCCCn2cnc3ccccc32)cc1. The third kappa shape index (κ3) is 4.98. The summed E-state index contributed by atoms with van der Waals surface area (Å²) in [5.41, 5.74) is 2.78. The van der Waals surface area contributed by atoms with Crippen LogP contribution in [-0.2, 0) is 6.54 Å². The van der Waals surface area contributed by atoms with Gasteiger partial charge in [-0.1, -0.05) is 24.3 Å². The first-order chi connectivity index (χ1) is 13.2. The fraction of sp³-hybridized carbons (Fsp3) is 0.300. The van der Waals surface area contributed by atoms with Crippen molar-refractivity contribution in [3.8, 4) is 5.75 Å². The van der Waals surface area contributed by atoms with E-state index in [1.54, 1.807) is 31.4 Å². The third-order valence-electron chi connectivity index (χ3n) is 4.35. The minimum absolute atomic E-state index is 0.143. The highest BCUT2D eigenvalue weighted by Gasteiger charge is 2.09. The van der Waals surface area contributed by atoms with E-state index >= 15 is 0 Å². The molecular weight excluding hydrogens is 344 g/mol. The average Bonchev–Trinajstić information content (AvgIpc) is 3.12. The van der Waals surface area contributed by atoms with E-state index in [0.717, 1.165) is 35.3 Å². The molecule has 142 valence electrons. The first-order valence-corrected chi connectivity index (χ1v) is 8.91. The van der Waals surface area contributed by atoms with E-state index in [4.69, 9.17) is 4.74 Å². The summed E-state index contributed by atoms with van der Waals surface area (Å²) in [6.45, 7) is 1.45. The van der Waals surface area contributed by atoms with Crippen molar-refractivity contribution in [3.05, 3.63) is 60.4 Å². The van der Waals surface area contributed by atoms with Crippen LogP contribution in [0.5, 0.6) is 5.75 Å². The largest absolute Gasteiger partial charge is 0.497 e. The number of ether oxygens (including phenoxy) is 1. The summed E-state index contributed by atoms with van der Waals surface area (Å²) in [5, 5.41) is 15.6. The van der Waals surface area contributed by atoms with Gasteiger partial charge in [-0.05, 0) is 36.2 Å². The second kappa shape index (κ2) is 9.05. The molecule has 7 nitrogen and oxygen atoms in total. The topological polar surface area (TPSA) is 88.4 Å². The van der Waals surface area contributed by atoms with Crippen molar-refractivity contribution < 1.29 is 14.6 Å². The highest BCUT2D eigenvalue weighted by Crippen LogP contribution is 2.17. The van der Waals surface area contributed by atoms with Gasteiger partial charge >= 0.3 is 6.03 Å². The molecule has 0 aliphatic rings. The van der Waals surface area contributed by atoms with Crippen LogP contribution in [0.2, 0.25) is 0 Å². The summed E-state index contributed by atoms with van der Waals surface area (Å²) in [5.74, 6) is 0.724. The van der Waals surface area contributed by atoms with Gasteiger partial charge in [-0.15, -0.1) is 0 Å². The number of para-hydroxylation sites is 2.